The van der Waals surface area contributed by atoms with Crippen LogP contribution in [0, 0.1) is 20.8 Å². The third-order valence-corrected chi connectivity index (χ3v) is 8.11. The summed E-state index contributed by atoms with van der Waals surface area (Å²) in [6, 6.07) is 6.41. The summed E-state index contributed by atoms with van der Waals surface area (Å²) in [6.07, 6.45) is 1.14. The van der Waals surface area contributed by atoms with Gasteiger partial charge in [0.25, 0.3) is 0 Å². The van der Waals surface area contributed by atoms with Gasteiger partial charge in [-0.3, -0.25) is 9.59 Å². The maximum atomic E-state index is 13.9. The maximum Gasteiger partial charge on any atom is 0.231 e. The van der Waals surface area contributed by atoms with E-state index >= 15 is 0 Å². The van der Waals surface area contributed by atoms with E-state index in [0.717, 1.165) is 5.56 Å². The van der Waals surface area contributed by atoms with E-state index in [2.05, 4.69) is 0 Å². The van der Waals surface area contributed by atoms with Crippen molar-refractivity contribution in [2.45, 2.75) is 40.5 Å². The number of unbranched alkanes of at least 4 members (excludes halogenated alkanes) is 1. The molecule has 0 radical (unpaired) electrons. The van der Waals surface area contributed by atoms with Crippen LogP contribution in [0.5, 0.6) is 0 Å². The fraction of sp³-hybridized carbons (Fsp3) is 0.333. The van der Waals surface area contributed by atoms with Crippen LogP contribution in [0.25, 0.3) is 0 Å². The first kappa shape index (κ1) is 23.2. The molecular weight excluding hydrogens is 438 g/mol. The maximum absolute atomic E-state index is 13.9. The first-order valence-corrected chi connectivity index (χ1v) is 12.0. The van der Waals surface area contributed by atoms with E-state index in [1.807, 2.05) is 26.0 Å². The minimum absolute atomic E-state index is 0.00984. The average Bonchev–Trinajstić information content (AvgIpc) is 2.57. The number of carbonyl (C=O) groups is 2. The summed E-state index contributed by atoms with van der Waals surface area (Å²) in [4.78, 5) is 26.8. The van der Waals surface area contributed by atoms with Gasteiger partial charge >= 0.3 is 0 Å². The van der Waals surface area contributed by atoms with E-state index in [-0.39, 0.29) is 26.8 Å². The van der Waals surface area contributed by atoms with Crippen molar-refractivity contribution in [2.75, 3.05) is 6.16 Å². The van der Waals surface area contributed by atoms with Gasteiger partial charge in [0.05, 0.1) is 15.6 Å². The Morgan fingerprint density at radius 2 is 1.32 bits per heavy atom. The lowest BCUT2D eigenvalue weighted by Crippen LogP contribution is -2.16. The van der Waals surface area contributed by atoms with Crippen molar-refractivity contribution in [3.8, 4) is 0 Å². The van der Waals surface area contributed by atoms with E-state index in [1.165, 1.54) is 12.1 Å². The smallest absolute Gasteiger partial charge is 0.231 e. The van der Waals surface area contributed by atoms with Crippen LogP contribution < -0.4 is 0 Å². The average molecular weight is 460 g/mol. The zero-order valence-corrected chi connectivity index (χ0v) is 19.4. The summed E-state index contributed by atoms with van der Waals surface area (Å²) in [5.41, 5.74) is 1.16. The molecule has 0 bridgehead atoms. The van der Waals surface area contributed by atoms with Crippen LogP contribution in [0.3, 0.4) is 0 Å². The van der Waals surface area contributed by atoms with Crippen LogP contribution in [0.4, 0.5) is 0 Å². The van der Waals surface area contributed by atoms with Crippen molar-refractivity contribution < 1.29 is 14.2 Å². The van der Waals surface area contributed by atoms with Gasteiger partial charge in [-0.05, 0) is 50.5 Å². The van der Waals surface area contributed by atoms with Crippen LogP contribution in [0.15, 0.2) is 24.3 Å². The molecule has 3 nitrogen and oxygen atoms in total. The summed E-state index contributed by atoms with van der Waals surface area (Å²) in [5, 5.41) is 0.236. The second-order valence-corrected chi connectivity index (χ2v) is 10.9. The standard InChI is InChI=1S/C21H22Cl3O3P/c1-5-6-7-28(27,20(25)18-13(3)8-12(2)9-14(18)4)21(26)19-16(23)10-15(22)11-17(19)24/h8-11H,5-7H2,1-4H3. The highest BCUT2D eigenvalue weighted by Gasteiger charge is 2.43. The van der Waals surface area contributed by atoms with Crippen molar-refractivity contribution >= 4 is 53.0 Å². The Balaban J connectivity index is 2.67. The van der Waals surface area contributed by atoms with Gasteiger partial charge in [0.1, 0.15) is 0 Å². The van der Waals surface area contributed by atoms with E-state index in [9.17, 15) is 14.2 Å². The lowest BCUT2D eigenvalue weighted by molar-refractivity contribution is 0.103. The van der Waals surface area contributed by atoms with E-state index < -0.39 is 18.2 Å². The van der Waals surface area contributed by atoms with Crippen LogP contribution in [-0.2, 0) is 4.57 Å². The number of benzene rings is 2. The Morgan fingerprint density at radius 1 is 0.857 bits per heavy atom. The minimum Gasteiger partial charge on any atom is -0.307 e. The number of rotatable bonds is 7. The van der Waals surface area contributed by atoms with Gasteiger partial charge in [-0.2, -0.15) is 0 Å². The van der Waals surface area contributed by atoms with E-state index in [1.54, 1.807) is 13.8 Å². The molecule has 2 aromatic carbocycles. The summed E-state index contributed by atoms with van der Waals surface area (Å²) >= 11 is 18.3. The van der Waals surface area contributed by atoms with Crippen molar-refractivity contribution in [3.63, 3.8) is 0 Å². The SMILES string of the molecule is CCCCP(=O)(C(=O)c1c(C)cc(C)cc1C)C(=O)c1c(Cl)cc(Cl)cc1Cl. The Kier molecular flexibility index (Phi) is 7.56. The molecule has 1 unspecified atom stereocenters. The Labute approximate surface area is 180 Å². The van der Waals surface area contributed by atoms with E-state index in [0.29, 0.717) is 29.5 Å². The van der Waals surface area contributed by atoms with Gasteiger partial charge in [0, 0.05) is 16.7 Å². The summed E-state index contributed by atoms with van der Waals surface area (Å²) in [5.74, 6) is 0. The number of hydrogen-bond donors (Lipinski definition) is 0. The quantitative estimate of drug-likeness (QED) is 0.398. The molecule has 28 heavy (non-hydrogen) atoms. The molecule has 0 fully saturated rings. The minimum atomic E-state index is -3.99. The fourth-order valence-electron chi connectivity index (χ4n) is 3.30. The van der Waals surface area contributed by atoms with Gasteiger partial charge in [0.15, 0.2) is 0 Å². The molecular formula is C21H22Cl3O3P. The Morgan fingerprint density at radius 3 is 1.79 bits per heavy atom. The molecule has 0 spiro atoms. The highest BCUT2D eigenvalue weighted by molar-refractivity contribution is 7.95. The molecule has 0 heterocycles. The first-order chi connectivity index (χ1) is 13.0. The third-order valence-electron chi connectivity index (χ3n) is 4.59. The van der Waals surface area contributed by atoms with E-state index in [4.69, 9.17) is 34.8 Å². The van der Waals surface area contributed by atoms with Gasteiger partial charge < -0.3 is 4.57 Å². The molecule has 7 heteroatoms. The van der Waals surface area contributed by atoms with Gasteiger partial charge in [-0.15, -0.1) is 0 Å². The third kappa shape index (κ3) is 4.54. The van der Waals surface area contributed by atoms with Crippen molar-refractivity contribution in [1.29, 1.82) is 0 Å². The van der Waals surface area contributed by atoms with Gasteiger partial charge in [-0.1, -0.05) is 65.8 Å². The lowest BCUT2D eigenvalue weighted by atomic mass is 10.0. The first-order valence-electron chi connectivity index (χ1n) is 8.94. The van der Waals surface area contributed by atoms with Crippen molar-refractivity contribution in [1.82, 2.24) is 0 Å². The highest BCUT2D eigenvalue weighted by atomic mass is 35.5. The molecule has 150 valence electrons. The largest absolute Gasteiger partial charge is 0.307 e. The second kappa shape index (κ2) is 9.13. The molecule has 2 rings (SSSR count). The Hall–Kier alpha value is -1.12. The summed E-state index contributed by atoms with van der Waals surface area (Å²) < 4.78 is 13.9. The fourth-order valence-corrected chi connectivity index (χ4v) is 7.09. The molecule has 0 saturated heterocycles. The van der Waals surface area contributed by atoms with Gasteiger partial charge in [0.2, 0.25) is 18.2 Å². The van der Waals surface area contributed by atoms with Crippen molar-refractivity contribution in [2.24, 2.45) is 0 Å². The molecule has 0 amide bonds. The molecule has 2 aromatic rings. The zero-order chi connectivity index (χ0) is 21.2. The van der Waals surface area contributed by atoms with Crippen molar-refractivity contribution in [3.05, 3.63) is 67.2 Å². The predicted octanol–water partition coefficient (Wildman–Crippen LogP) is 7.72. The predicted molar refractivity (Wildman–Crippen MR) is 118 cm³/mol. The summed E-state index contributed by atoms with van der Waals surface area (Å²) in [7, 11) is -3.99. The topological polar surface area (TPSA) is 51.2 Å². The molecule has 0 saturated carbocycles. The number of aryl methyl sites for hydroxylation is 3. The lowest BCUT2D eigenvalue weighted by Gasteiger charge is -2.20. The van der Waals surface area contributed by atoms with Crippen LogP contribution in [-0.4, -0.2) is 17.2 Å². The number of carbonyl (C=O) groups excluding carboxylic acids is 2. The van der Waals surface area contributed by atoms with Crippen LogP contribution in [0.1, 0.15) is 57.2 Å². The molecule has 0 aliphatic rings. The molecule has 1 atom stereocenters. The molecule has 0 aromatic heterocycles. The Bertz CT molecular complexity index is 879. The molecule has 0 aliphatic heterocycles. The number of hydrogen-bond acceptors (Lipinski definition) is 3. The molecule has 0 aliphatic carbocycles. The van der Waals surface area contributed by atoms with Crippen LogP contribution in [0.2, 0.25) is 15.1 Å². The summed E-state index contributed by atoms with van der Waals surface area (Å²) in [6.45, 7) is 7.39. The van der Waals surface area contributed by atoms with Gasteiger partial charge in [-0.25, -0.2) is 0 Å². The normalized spacial score (nSPS) is 13.2. The second-order valence-electron chi connectivity index (χ2n) is 6.95. The zero-order valence-electron chi connectivity index (χ0n) is 16.2. The highest BCUT2D eigenvalue weighted by Crippen LogP contribution is 2.55. The van der Waals surface area contributed by atoms with Crippen LogP contribution >= 0.6 is 41.9 Å². The monoisotopic (exact) mass is 458 g/mol. The number of halogens is 3. The molecule has 0 N–H and O–H groups in total.